The molecule has 1 unspecified atom stereocenters. The molecular weight excluding hydrogens is 226 g/mol. The van der Waals surface area contributed by atoms with Crippen LogP contribution in [0.4, 0.5) is 17.6 Å². The first kappa shape index (κ1) is 12.9. The maximum atomic E-state index is 13.4. The van der Waals surface area contributed by atoms with Crippen molar-refractivity contribution in [3.63, 3.8) is 0 Å². The highest BCUT2D eigenvalue weighted by molar-refractivity contribution is 5.28. The number of benzene rings is 1. The van der Waals surface area contributed by atoms with Gasteiger partial charge in [-0.2, -0.15) is 0 Å². The smallest absolute Gasteiger partial charge is 0.168 e. The molecule has 1 atom stereocenters. The van der Waals surface area contributed by atoms with E-state index in [1.54, 1.807) is 0 Å². The SMILES string of the molecule is COC(C)(CN)c1c(F)c(F)cc(F)c1F. The van der Waals surface area contributed by atoms with Crippen LogP contribution in [0.15, 0.2) is 6.07 Å². The van der Waals surface area contributed by atoms with E-state index in [9.17, 15) is 17.6 Å². The van der Waals surface area contributed by atoms with Crippen molar-refractivity contribution in [2.75, 3.05) is 13.7 Å². The summed E-state index contributed by atoms with van der Waals surface area (Å²) in [7, 11) is 1.15. The van der Waals surface area contributed by atoms with Gasteiger partial charge in [0.1, 0.15) is 5.60 Å². The van der Waals surface area contributed by atoms with Gasteiger partial charge in [-0.25, -0.2) is 17.6 Å². The van der Waals surface area contributed by atoms with Gasteiger partial charge in [-0.05, 0) is 6.92 Å². The van der Waals surface area contributed by atoms with E-state index in [1.165, 1.54) is 6.92 Å². The maximum Gasteiger partial charge on any atom is 0.168 e. The largest absolute Gasteiger partial charge is 0.372 e. The summed E-state index contributed by atoms with van der Waals surface area (Å²) >= 11 is 0. The van der Waals surface area contributed by atoms with Gasteiger partial charge in [0, 0.05) is 19.7 Å². The van der Waals surface area contributed by atoms with Gasteiger partial charge in [0.2, 0.25) is 0 Å². The van der Waals surface area contributed by atoms with E-state index in [2.05, 4.69) is 0 Å². The van der Waals surface area contributed by atoms with Crippen LogP contribution in [0.2, 0.25) is 0 Å². The highest BCUT2D eigenvalue weighted by atomic mass is 19.2. The van der Waals surface area contributed by atoms with Crippen LogP contribution in [-0.2, 0) is 10.3 Å². The predicted octanol–water partition coefficient (Wildman–Crippen LogP) is 2.06. The van der Waals surface area contributed by atoms with Crippen LogP contribution < -0.4 is 5.73 Å². The van der Waals surface area contributed by atoms with E-state index in [0.29, 0.717) is 0 Å². The quantitative estimate of drug-likeness (QED) is 0.645. The Bertz CT molecular complexity index is 378. The molecule has 6 heteroatoms. The van der Waals surface area contributed by atoms with E-state index in [1.807, 2.05) is 0 Å². The molecule has 0 bridgehead atoms. The fraction of sp³-hybridized carbons (Fsp3) is 0.400. The number of halogens is 4. The third kappa shape index (κ3) is 1.90. The molecule has 1 aromatic rings. The first-order valence-electron chi connectivity index (χ1n) is 4.46. The third-order valence-electron chi connectivity index (χ3n) is 2.48. The second kappa shape index (κ2) is 4.39. The molecular formula is C10H11F4NO. The maximum absolute atomic E-state index is 13.4. The summed E-state index contributed by atoms with van der Waals surface area (Å²) in [6.07, 6.45) is 0. The molecule has 1 aromatic carbocycles. The molecule has 0 aromatic heterocycles. The summed E-state index contributed by atoms with van der Waals surface area (Å²) in [5.41, 5.74) is 2.83. The minimum absolute atomic E-state index is 0.140. The zero-order valence-electron chi connectivity index (χ0n) is 8.78. The summed E-state index contributed by atoms with van der Waals surface area (Å²) in [6.45, 7) is 0.924. The fourth-order valence-corrected chi connectivity index (χ4v) is 1.32. The Morgan fingerprint density at radius 3 is 1.94 bits per heavy atom. The van der Waals surface area contributed by atoms with Crippen molar-refractivity contribution in [3.05, 3.63) is 34.9 Å². The molecule has 16 heavy (non-hydrogen) atoms. The number of hydrogen-bond acceptors (Lipinski definition) is 2. The molecule has 0 aliphatic heterocycles. The van der Waals surface area contributed by atoms with Crippen LogP contribution in [0.1, 0.15) is 12.5 Å². The van der Waals surface area contributed by atoms with Crippen molar-refractivity contribution in [2.45, 2.75) is 12.5 Å². The Balaban J connectivity index is 3.54. The number of ether oxygens (including phenoxy) is 1. The van der Waals surface area contributed by atoms with Gasteiger partial charge in [-0.1, -0.05) is 0 Å². The van der Waals surface area contributed by atoms with Crippen molar-refractivity contribution in [3.8, 4) is 0 Å². The van der Waals surface area contributed by atoms with Gasteiger partial charge in [-0.3, -0.25) is 0 Å². The molecule has 0 saturated heterocycles. The second-order valence-electron chi connectivity index (χ2n) is 3.48. The molecule has 90 valence electrons. The number of rotatable bonds is 3. The fourth-order valence-electron chi connectivity index (χ4n) is 1.32. The van der Waals surface area contributed by atoms with Crippen LogP contribution in [0.5, 0.6) is 0 Å². The van der Waals surface area contributed by atoms with Crippen molar-refractivity contribution < 1.29 is 22.3 Å². The molecule has 1 rings (SSSR count). The van der Waals surface area contributed by atoms with E-state index >= 15 is 0 Å². The van der Waals surface area contributed by atoms with Crippen LogP contribution in [0.3, 0.4) is 0 Å². The molecule has 0 aliphatic carbocycles. The van der Waals surface area contributed by atoms with Crippen molar-refractivity contribution in [1.82, 2.24) is 0 Å². The van der Waals surface area contributed by atoms with Crippen molar-refractivity contribution in [1.29, 1.82) is 0 Å². The lowest BCUT2D eigenvalue weighted by molar-refractivity contribution is 0.00290. The Kier molecular flexibility index (Phi) is 3.54. The number of nitrogens with two attached hydrogens (primary N) is 1. The Morgan fingerprint density at radius 2 is 1.62 bits per heavy atom. The summed E-state index contributed by atoms with van der Waals surface area (Å²) in [5, 5.41) is 0. The third-order valence-corrected chi connectivity index (χ3v) is 2.48. The lowest BCUT2D eigenvalue weighted by atomic mass is 9.94. The molecule has 0 aliphatic rings. The molecule has 0 radical (unpaired) electrons. The van der Waals surface area contributed by atoms with Crippen molar-refractivity contribution >= 4 is 0 Å². The highest BCUT2D eigenvalue weighted by Crippen LogP contribution is 2.31. The van der Waals surface area contributed by atoms with Crippen molar-refractivity contribution in [2.24, 2.45) is 5.73 Å². The average Bonchev–Trinajstić information content (AvgIpc) is 2.26. The first-order chi connectivity index (χ1) is 7.37. The van der Waals surface area contributed by atoms with Crippen LogP contribution >= 0.6 is 0 Å². The predicted molar refractivity (Wildman–Crippen MR) is 49.7 cm³/mol. The Hall–Kier alpha value is -1.14. The van der Waals surface area contributed by atoms with Gasteiger partial charge in [0.15, 0.2) is 23.3 Å². The van der Waals surface area contributed by atoms with Crippen LogP contribution in [0.25, 0.3) is 0 Å². The lowest BCUT2D eigenvalue weighted by Gasteiger charge is -2.27. The topological polar surface area (TPSA) is 35.2 Å². The minimum Gasteiger partial charge on any atom is -0.372 e. The number of methoxy groups -OCH3 is 1. The normalized spacial score (nSPS) is 14.9. The van der Waals surface area contributed by atoms with E-state index in [0.717, 1.165) is 7.11 Å². The van der Waals surface area contributed by atoms with E-state index in [4.69, 9.17) is 10.5 Å². The monoisotopic (exact) mass is 237 g/mol. The molecule has 0 heterocycles. The number of hydrogen-bond donors (Lipinski definition) is 1. The van der Waals surface area contributed by atoms with E-state index in [-0.39, 0.29) is 12.6 Å². The lowest BCUT2D eigenvalue weighted by Crippen LogP contribution is -2.36. The Morgan fingerprint density at radius 1 is 1.19 bits per heavy atom. The van der Waals surface area contributed by atoms with E-state index < -0.39 is 34.4 Å². The zero-order valence-corrected chi connectivity index (χ0v) is 8.78. The molecule has 0 fully saturated rings. The molecule has 0 spiro atoms. The summed E-state index contributed by atoms with van der Waals surface area (Å²) < 4.78 is 57.5. The van der Waals surface area contributed by atoms with Gasteiger partial charge < -0.3 is 10.5 Å². The van der Waals surface area contributed by atoms with Crippen LogP contribution in [0, 0.1) is 23.3 Å². The first-order valence-corrected chi connectivity index (χ1v) is 4.46. The molecule has 0 amide bonds. The molecule has 0 saturated carbocycles. The summed E-state index contributed by atoms with van der Waals surface area (Å²) in [4.78, 5) is 0. The Labute approximate surface area is 90.0 Å². The van der Waals surface area contributed by atoms with Gasteiger partial charge in [0.05, 0.1) is 5.56 Å². The van der Waals surface area contributed by atoms with Gasteiger partial charge in [-0.15, -0.1) is 0 Å². The zero-order chi connectivity index (χ0) is 12.5. The summed E-state index contributed by atoms with van der Waals surface area (Å²) in [6, 6.07) is 0.140. The highest BCUT2D eigenvalue weighted by Gasteiger charge is 2.34. The second-order valence-corrected chi connectivity index (χ2v) is 3.48. The van der Waals surface area contributed by atoms with Gasteiger partial charge in [0.25, 0.3) is 0 Å². The summed E-state index contributed by atoms with van der Waals surface area (Å²) in [5.74, 6) is -5.95. The molecule has 2 nitrogen and oxygen atoms in total. The van der Waals surface area contributed by atoms with Gasteiger partial charge >= 0.3 is 0 Å². The molecule has 2 N–H and O–H groups in total. The minimum atomic E-state index is -1.61. The average molecular weight is 237 g/mol. The standard InChI is InChI=1S/C10H11F4NO/c1-10(4-15,16-2)7-8(13)5(11)3-6(12)9(7)14/h3H,4,15H2,1-2H3. The van der Waals surface area contributed by atoms with Crippen LogP contribution in [-0.4, -0.2) is 13.7 Å².